The monoisotopic (exact) mass is 359 g/mol. The van der Waals surface area contributed by atoms with E-state index in [4.69, 9.17) is 0 Å². The van der Waals surface area contributed by atoms with Crippen LogP contribution in [0.4, 0.5) is 0 Å². The Morgan fingerprint density at radius 2 is 1.90 bits per heavy atom. The predicted molar refractivity (Wildman–Crippen MR) is 90.0 cm³/mol. The fourth-order valence-electron chi connectivity index (χ4n) is 1.96. The van der Waals surface area contributed by atoms with E-state index < -0.39 is 0 Å². The second kappa shape index (κ2) is 6.93. The molecule has 1 aromatic carbocycles. The van der Waals surface area contributed by atoms with Gasteiger partial charge >= 0.3 is 0 Å². The number of rotatable bonds is 5. The first kappa shape index (κ1) is 14.4. The molecule has 3 nitrogen and oxygen atoms in total. The highest BCUT2D eigenvalue weighted by atomic mass is 79.9. The fourth-order valence-corrected chi connectivity index (χ4v) is 3.18. The van der Waals surface area contributed by atoms with Gasteiger partial charge in [-0.05, 0) is 23.8 Å². The molecular formula is C16H14BrN3S. The van der Waals surface area contributed by atoms with E-state index in [0.717, 1.165) is 34.0 Å². The molecule has 0 amide bonds. The van der Waals surface area contributed by atoms with E-state index in [0.29, 0.717) is 0 Å². The van der Waals surface area contributed by atoms with Gasteiger partial charge in [0.15, 0.2) is 0 Å². The van der Waals surface area contributed by atoms with Crippen molar-refractivity contribution in [2.24, 2.45) is 0 Å². The molecule has 0 aliphatic rings. The van der Waals surface area contributed by atoms with Gasteiger partial charge in [0.25, 0.3) is 0 Å². The van der Waals surface area contributed by atoms with Crippen molar-refractivity contribution in [3.63, 3.8) is 0 Å². The maximum Gasteiger partial charge on any atom is 0.142 e. The first-order valence-corrected chi connectivity index (χ1v) is 8.30. The Balaban J connectivity index is 1.60. The number of pyridine rings is 1. The Morgan fingerprint density at radius 3 is 2.71 bits per heavy atom. The molecule has 0 aliphatic heterocycles. The second-order valence-electron chi connectivity index (χ2n) is 4.55. The van der Waals surface area contributed by atoms with Gasteiger partial charge in [0.1, 0.15) is 5.01 Å². The molecule has 2 aromatic heterocycles. The van der Waals surface area contributed by atoms with Crippen molar-refractivity contribution in [3.05, 3.63) is 69.8 Å². The van der Waals surface area contributed by atoms with E-state index in [1.807, 2.05) is 30.3 Å². The average molecular weight is 360 g/mol. The molecule has 5 heteroatoms. The molecule has 0 atom stereocenters. The third-order valence-electron chi connectivity index (χ3n) is 3.02. The highest BCUT2D eigenvalue weighted by Gasteiger charge is 2.05. The van der Waals surface area contributed by atoms with Gasteiger partial charge in [-0.25, -0.2) is 4.98 Å². The number of nitrogens with one attached hydrogen (secondary N) is 1. The van der Waals surface area contributed by atoms with E-state index in [1.165, 1.54) is 5.56 Å². The Bertz CT molecular complexity index is 712. The van der Waals surface area contributed by atoms with E-state index in [-0.39, 0.29) is 0 Å². The molecule has 21 heavy (non-hydrogen) atoms. The van der Waals surface area contributed by atoms with Crippen molar-refractivity contribution in [2.75, 3.05) is 0 Å². The first-order valence-electron chi connectivity index (χ1n) is 6.63. The summed E-state index contributed by atoms with van der Waals surface area (Å²) in [5.41, 5.74) is 3.23. The van der Waals surface area contributed by atoms with Gasteiger partial charge in [0, 0.05) is 29.1 Å². The molecule has 3 rings (SSSR count). The van der Waals surface area contributed by atoms with Crippen LogP contribution in [0.5, 0.6) is 0 Å². The van der Waals surface area contributed by atoms with Crippen LogP contribution in [0.2, 0.25) is 0 Å². The smallest absolute Gasteiger partial charge is 0.142 e. The molecule has 0 saturated carbocycles. The van der Waals surface area contributed by atoms with Crippen LogP contribution in [0, 0.1) is 0 Å². The van der Waals surface area contributed by atoms with Crippen molar-refractivity contribution in [2.45, 2.75) is 13.1 Å². The maximum absolute atomic E-state index is 4.62. The average Bonchev–Trinajstić information content (AvgIpc) is 2.99. The largest absolute Gasteiger partial charge is 0.307 e. The summed E-state index contributed by atoms with van der Waals surface area (Å²) in [5, 5.41) is 6.46. The summed E-state index contributed by atoms with van der Waals surface area (Å²) in [4.78, 5) is 8.94. The van der Waals surface area contributed by atoms with Gasteiger partial charge in [-0.1, -0.05) is 40.2 Å². The lowest BCUT2D eigenvalue weighted by Gasteiger charge is -2.05. The summed E-state index contributed by atoms with van der Waals surface area (Å²) >= 11 is 5.18. The zero-order valence-electron chi connectivity index (χ0n) is 11.3. The maximum atomic E-state index is 4.62. The van der Waals surface area contributed by atoms with Crippen LogP contribution in [0.3, 0.4) is 0 Å². The van der Waals surface area contributed by atoms with Crippen molar-refractivity contribution in [3.8, 4) is 10.7 Å². The molecule has 0 radical (unpaired) electrons. The van der Waals surface area contributed by atoms with E-state index in [1.54, 1.807) is 17.5 Å². The Hall–Kier alpha value is -1.56. The van der Waals surface area contributed by atoms with Crippen LogP contribution in [0.25, 0.3) is 10.7 Å². The van der Waals surface area contributed by atoms with Gasteiger partial charge in [-0.15, -0.1) is 11.3 Å². The molecule has 3 aromatic rings. The number of aromatic nitrogens is 2. The third-order valence-corrected chi connectivity index (χ3v) is 4.70. The lowest BCUT2D eigenvalue weighted by Crippen LogP contribution is -2.13. The summed E-state index contributed by atoms with van der Waals surface area (Å²) in [6.45, 7) is 1.57. The van der Waals surface area contributed by atoms with Crippen molar-refractivity contribution >= 4 is 27.3 Å². The minimum atomic E-state index is 0.755. The number of nitrogens with zero attached hydrogens (tertiary/aromatic N) is 2. The molecule has 0 bridgehead atoms. The Labute approximate surface area is 136 Å². The highest BCUT2D eigenvalue weighted by molar-refractivity contribution is 9.10. The quantitative estimate of drug-likeness (QED) is 0.739. The van der Waals surface area contributed by atoms with Crippen LogP contribution in [0.15, 0.2) is 58.5 Å². The van der Waals surface area contributed by atoms with Crippen LogP contribution in [-0.4, -0.2) is 9.97 Å². The molecule has 2 heterocycles. The van der Waals surface area contributed by atoms with Crippen LogP contribution in [-0.2, 0) is 13.1 Å². The van der Waals surface area contributed by atoms with Crippen LogP contribution >= 0.6 is 27.3 Å². The minimum absolute atomic E-state index is 0.755. The lowest BCUT2D eigenvalue weighted by atomic mass is 10.2. The number of hydrogen-bond donors (Lipinski definition) is 1. The lowest BCUT2D eigenvalue weighted by molar-refractivity contribution is 0.681. The van der Waals surface area contributed by atoms with Crippen LogP contribution < -0.4 is 5.32 Å². The second-order valence-corrected chi connectivity index (χ2v) is 6.27. The van der Waals surface area contributed by atoms with Crippen molar-refractivity contribution < 1.29 is 0 Å². The summed E-state index contributed by atoms with van der Waals surface area (Å²) in [6, 6.07) is 14.1. The number of benzene rings is 1. The van der Waals surface area contributed by atoms with Crippen molar-refractivity contribution in [1.29, 1.82) is 0 Å². The van der Waals surface area contributed by atoms with E-state index >= 15 is 0 Å². The Morgan fingerprint density at radius 1 is 1.05 bits per heavy atom. The molecule has 106 valence electrons. The summed E-state index contributed by atoms with van der Waals surface area (Å²) < 4.78 is 1.13. The standard InChI is InChI=1S/C16H14BrN3S/c17-14-6-2-1-5-12(14)9-18-10-13-11-21-16(20-13)15-7-3-4-8-19-15/h1-8,11,18H,9-10H2. The predicted octanol–water partition coefficient (Wildman–Crippen LogP) is 4.26. The highest BCUT2D eigenvalue weighted by Crippen LogP contribution is 2.21. The molecule has 1 N–H and O–H groups in total. The molecule has 0 unspecified atom stereocenters. The molecule has 0 saturated heterocycles. The summed E-state index contributed by atoms with van der Waals surface area (Å²) in [7, 11) is 0. The number of thiazole rings is 1. The molecule has 0 fully saturated rings. The van der Waals surface area contributed by atoms with E-state index in [9.17, 15) is 0 Å². The van der Waals surface area contributed by atoms with Gasteiger partial charge in [0.2, 0.25) is 0 Å². The third kappa shape index (κ3) is 3.75. The van der Waals surface area contributed by atoms with Gasteiger partial charge in [0.05, 0.1) is 11.4 Å². The zero-order valence-corrected chi connectivity index (χ0v) is 13.7. The number of hydrogen-bond acceptors (Lipinski definition) is 4. The van der Waals surface area contributed by atoms with Gasteiger partial charge in [-0.3, -0.25) is 4.98 Å². The van der Waals surface area contributed by atoms with Gasteiger partial charge in [-0.2, -0.15) is 0 Å². The fraction of sp³-hybridized carbons (Fsp3) is 0.125. The molecule has 0 spiro atoms. The number of halogens is 1. The molecular weight excluding hydrogens is 346 g/mol. The van der Waals surface area contributed by atoms with E-state index in [2.05, 4.69) is 48.7 Å². The zero-order chi connectivity index (χ0) is 14.5. The van der Waals surface area contributed by atoms with Crippen LogP contribution in [0.1, 0.15) is 11.3 Å². The van der Waals surface area contributed by atoms with Crippen molar-refractivity contribution in [1.82, 2.24) is 15.3 Å². The first-order chi connectivity index (χ1) is 10.3. The summed E-state index contributed by atoms with van der Waals surface area (Å²) in [5.74, 6) is 0. The summed E-state index contributed by atoms with van der Waals surface area (Å²) in [6.07, 6.45) is 1.79. The van der Waals surface area contributed by atoms with Gasteiger partial charge < -0.3 is 5.32 Å². The SMILES string of the molecule is Brc1ccccc1CNCc1csc(-c2ccccn2)n1. The molecule has 0 aliphatic carbocycles. The topological polar surface area (TPSA) is 37.8 Å². The minimum Gasteiger partial charge on any atom is -0.307 e. The Kier molecular flexibility index (Phi) is 4.75. The normalized spacial score (nSPS) is 10.7.